The molecule has 0 aromatic heterocycles. The largest absolute Gasteiger partial charge is 0.342 e. The summed E-state index contributed by atoms with van der Waals surface area (Å²) in [4.78, 5) is 13.7. The molecule has 0 radical (unpaired) electrons. The van der Waals surface area contributed by atoms with E-state index in [0.717, 1.165) is 30.5 Å². The highest BCUT2D eigenvalue weighted by molar-refractivity contribution is 7.92. The topological polar surface area (TPSA) is 66.5 Å². The third-order valence-corrected chi connectivity index (χ3v) is 5.74. The number of nitrogens with zero attached hydrogens (tertiary/aromatic N) is 1. The van der Waals surface area contributed by atoms with E-state index in [2.05, 4.69) is 4.72 Å². The number of amides is 1. The first-order valence-electron chi connectivity index (χ1n) is 8.40. The van der Waals surface area contributed by atoms with Crippen molar-refractivity contribution in [2.75, 3.05) is 17.8 Å². The van der Waals surface area contributed by atoms with Gasteiger partial charge in [-0.3, -0.25) is 9.52 Å². The van der Waals surface area contributed by atoms with Crippen LogP contribution in [-0.2, 0) is 21.2 Å². The maximum Gasteiger partial charge on any atom is 0.261 e. The van der Waals surface area contributed by atoms with Crippen LogP contribution in [0.1, 0.15) is 24.0 Å². The number of sulfonamides is 1. The van der Waals surface area contributed by atoms with E-state index in [-0.39, 0.29) is 10.8 Å². The molecule has 3 rings (SSSR count). The summed E-state index contributed by atoms with van der Waals surface area (Å²) in [7, 11) is -3.60. The van der Waals surface area contributed by atoms with Gasteiger partial charge in [0.1, 0.15) is 0 Å². The first kappa shape index (κ1) is 17.5. The van der Waals surface area contributed by atoms with Crippen LogP contribution in [0.2, 0.25) is 0 Å². The highest BCUT2D eigenvalue weighted by Crippen LogP contribution is 2.18. The van der Waals surface area contributed by atoms with Gasteiger partial charge in [0.2, 0.25) is 5.91 Å². The van der Waals surface area contributed by atoms with E-state index < -0.39 is 10.0 Å². The highest BCUT2D eigenvalue weighted by Gasteiger charge is 2.19. The summed E-state index contributed by atoms with van der Waals surface area (Å²) in [5.41, 5.74) is 2.57. The Labute approximate surface area is 148 Å². The molecule has 0 unspecified atom stereocenters. The molecule has 1 saturated heterocycles. The summed E-state index contributed by atoms with van der Waals surface area (Å²) in [5.74, 6) is 0.210. The molecule has 1 aliphatic heterocycles. The van der Waals surface area contributed by atoms with Gasteiger partial charge in [-0.2, -0.15) is 0 Å². The van der Waals surface area contributed by atoms with Gasteiger partial charge in [0.25, 0.3) is 10.0 Å². The number of benzene rings is 2. The monoisotopic (exact) mass is 358 g/mol. The van der Waals surface area contributed by atoms with Crippen LogP contribution in [0.5, 0.6) is 0 Å². The third-order valence-electron chi connectivity index (χ3n) is 4.35. The van der Waals surface area contributed by atoms with Gasteiger partial charge in [0, 0.05) is 25.2 Å². The minimum Gasteiger partial charge on any atom is -0.342 e. The lowest BCUT2D eigenvalue weighted by molar-refractivity contribution is -0.127. The van der Waals surface area contributed by atoms with Gasteiger partial charge < -0.3 is 4.90 Å². The molecule has 0 bridgehead atoms. The van der Waals surface area contributed by atoms with Crippen LogP contribution in [-0.4, -0.2) is 32.3 Å². The molecule has 2 aromatic carbocycles. The zero-order valence-corrected chi connectivity index (χ0v) is 15.1. The van der Waals surface area contributed by atoms with Gasteiger partial charge >= 0.3 is 0 Å². The van der Waals surface area contributed by atoms with E-state index in [1.807, 2.05) is 36.1 Å². The van der Waals surface area contributed by atoms with Crippen molar-refractivity contribution < 1.29 is 13.2 Å². The summed E-state index contributed by atoms with van der Waals surface area (Å²) in [6.07, 6.45) is 2.31. The van der Waals surface area contributed by atoms with Gasteiger partial charge in [0.15, 0.2) is 0 Å². The predicted octanol–water partition coefficient (Wildman–Crippen LogP) is 2.96. The average molecular weight is 358 g/mol. The van der Waals surface area contributed by atoms with Crippen molar-refractivity contribution in [2.45, 2.75) is 31.1 Å². The van der Waals surface area contributed by atoms with Gasteiger partial charge in [-0.1, -0.05) is 24.3 Å². The van der Waals surface area contributed by atoms with E-state index in [0.29, 0.717) is 18.7 Å². The quantitative estimate of drug-likeness (QED) is 0.863. The number of likely N-dealkylation sites (tertiary alicyclic amines) is 1. The minimum atomic E-state index is -3.60. The Morgan fingerprint density at radius 2 is 1.88 bits per heavy atom. The molecule has 6 heteroatoms. The lowest BCUT2D eigenvalue weighted by Crippen LogP contribution is -2.26. The predicted molar refractivity (Wildman–Crippen MR) is 97.9 cm³/mol. The fraction of sp³-hybridized carbons (Fsp3) is 0.316. The Morgan fingerprint density at radius 1 is 1.12 bits per heavy atom. The first-order chi connectivity index (χ1) is 11.9. The van der Waals surface area contributed by atoms with Crippen molar-refractivity contribution in [3.8, 4) is 0 Å². The lowest BCUT2D eigenvalue weighted by Gasteiger charge is -2.15. The van der Waals surface area contributed by atoms with Crippen molar-refractivity contribution in [2.24, 2.45) is 0 Å². The molecule has 0 aliphatic carbocycles. The maximum absolute atomic E-state index is 12.5. The molecule has 1 N–H and O–H groups in total. The van der Waals surface area contributed by atoms with E-state index in [1.54, 1.807) is 24.3 Å². The number of carbonyl (C=O) groups is 1. The van der Waals surface area contributed by atoms with Gasteiger partial charge in [-0.15, -0.1) is 0 Å². The standard InChI is InChI=1S/C19H22N2O3S/c1-15-4-2-5-17(14-15)20-25(23,24)18-9-7-16(8-10-18)11-13-21-12-3-6-19(21)22/h2,4-5,7-10,14,20H,3,6,11-13H2,1H3. The van der Waals surface area contributed by atoms with Gasteiger partial charge in [0.05, 0.1) is 4.90 Å². The van der Waals surface area contributed by atoms with Gasteiger partial charge in [-0.25, -0.2) is 8.42 Å². The van der Waals surface area contributed by atoms with Crippen LogP contribution < -0.4 is 4.72 Å². The maximum atomic E-state index is 12.5. The van der Waals surface area contributed by atoms with Crippen LogP contribution in [0.25, 0.3) is 0 Å². The molecule has 25 heavy (non-hydrogen) atoms. The molecular formula is C19H22N2O3S. The summed E-state index contributed by atoms with van der Waals surface area (Å²) in [6.45, 7) is 3.43. The second-order valence-corrected chi connectivity index (χ2v) is 8.04. The molecule has 1 heterocycles. The molecule has 5 nitrogen and oxygen atoms in total. The fourth-order valence-electron chi connectivity index (χ4n) is 2.96. The number of aryl methyl sites for hydroxylation is 1. The van der Waals surface area contributed by atoms with Crippen molar-refractivity contribution in [1.82, 2.24) is 4.90 Å². The van der Waals surface area contributed by atoms with E-state index in [1.165, 1.54) is 0 Å². The Bertz CT molecular complexity index is 860. The SMILES string of the molecule is Cc1cccc(NS(=O)(=O)c2ccc(CCN3CCCC3=O)cc2)c1. The second kappa shape index (κ2) is 7.27. The second-order valence-electron chi connectivity index (χ2n) is 6.35. The van der Waals surface area contributed by atoms with E-state index in [4.69, 9.17) is 0 Å². The molecule has 1 fully saturated rings. The molecule has 132 valence electrons. The van der Waals surface area contributed by atoms with Crippen molar-refractivity contribution in [3.05, 3.63) is 59.7 Å². The molecule has 1 amide bonds. The molecule has 0 spiro atoms. The Hall–Kier alpha value is -2.34. The molecule has 0 saturated carbocycles. The minimum absolute atomic E-state index is 0.210. The normalized spacial score (nSPS) is 14.8. The lowest BCUT2D eigenvalue weighted by atomic mass is 10.1. The van der Waals surface area contributed by atoms with Crippen molar-refractivity contribution in [1.29, 1.82) is 0 Å². The average Bonchev–Trinajstić information content (AvgIpc) is 2.98. The smallest absolute Gasteiger partial charge is 0.261 e. The molecule has 1 aliphatic rings. The number of rotatable bonds is 6. The Balaban J connectivity index is 1.65. The van der Waals surface area contributed by atoms with Crippen molar-refractivity contribution >= 4 is 21.6 Å². The summed E-state index contributed by atoms with van der Waals surface area (Å²) < 4.78 is 27.5. The number of anilines is 1. The molecule has 0 atom stereocenters. The van der Waals surface area contributed by atoms with Gasteiger partial charge in [-0.05, 0) is 55.2 Å². The third kappa shape index (κ3) is 4.39. The van der Waals surface area contributed by atoms with Crippen LogP contribution in [0.15, 0.2) is 53.4 Å². The molecular weight excluding hydrogens is 336 g/mol. The molecule has 2 aromatic rings. The zero-order chi connectivity index (χ0) is 17.9. The first-order valence-corrected chi connectivity index (χ1v) is 9.88. The number of nitrogens with one attached hydrogen (secondary N) is 1. The van der Waals surface area contributed by atoms with E-state index in [9.17, 15) is 13.2 Å². The number of hydrogen-bond donors (Lipinski definition) is 1. The van der Waals surface area contributed by atoms with Crippen molar-refractivity contribution in [3.63, 3.8) is 0 Å². The number of carbonyl (C=O) groups excluding carboxylic acids is 1. The van der Waals surface area contributed by atoms with Crippen LogP contribution in [0.4, 0.5) is 5.69 Å². The van der Waals surface area contributed by atoms with Crippen LogP contribution >= 0.6 is 0 Å². The highest BCUT2D eigenvalue weighted by atomic mass is 32.2. The fourth-order valence-corrected chi connectivity index (χ4v) is 4.01. The zero-order valence-electron chi connectivity index (χ0n) is 14.2. The summed E-state index contributed by atoms with van der Waals surface area (Å²) >= 11 is 0. The summed E-state index contributed by atoms with van der Waals surface area (Å²) in [6, 6.07) is 14.1. The summed E-state index contributed by atoms with van der Waals surface area (Å²) in [5, 5.41) is 0. The van der Waals surface area contributed by atoms with Crippen LogP contribution in [0, 0.1) is 6.92 Å². The Kier molecular flexibility index (Phi) is 5.08. The Morgan fingerprint density at radius 3 is 2.52 bits per heavy atom. The van der Waals surface area contributed by atoms with E-state index >= 15 is 0 Å². The van der Waals surface area contributed by atoms with Crippen LogP contribution in [0.3, 0.4) is 0 Å². The number of hydrogen-bond acceptors (Lipinski definition) is 3.